The van der Waals surface area contributed by atoms with Crippen molar-refractivity contribution in [3.05, 3.63) is 191 Å². The predicted octanol–water partition coefficient (Wildman–Crippen LogP) is 8.05. The molecule has 0 bridgehead atoms. The fourth-order valence-corrected chi connectivity index (χ4v) is 8.54. The standard InChI is InChI=1S/C18H15P.C13H9FN2O.C7H5BrN2O.C6H6BFO2.2ClH.Pd/c1-4-10-16(11-5-1)19(17-12-6-2-7-13-17)18-14-8-3-9-15-18;14-11-3-1-2-8(5-11)10-4-9-6-12(17)16-13(9)15-7-10;8-5-1-4-2-6(11)10-7(4)9-3-5;8-6-3-1-2-5(4-6)7(9)10;;;/h1-15H;1-5,7H,6H2,(H,15,16,17);1,3H,2H2,(H,9,10,11);1-4,9-10H;2*1H;/q;;;;;;+2/p-2. The Bertz CT molecular complexity index is 2400. The molecule has 16 heteroatoms. The number of halogens is 5. The third-order valence-corrected chi connectivity index (χ3v) is 11.3. The number of hydrogen-bond acceptors (Lipinski definition) is 6. The number of amides is 2. The molecule has 2 aromatic heterocycles. The molecule has 0 spiro atoms. The average molecular weight is 1020 g/mol. The average Bonchev–Trinajstić information content (AvgIpc) is 3.82. The summed E-state index contributed by atoms with van der Waals surface area (Å²) >= 11 is 3.18. The Kier molecular flexibility index (Phi) is 18.5. The van der Waals surface area contributed by atoms with Crippen LogP contribution in [0, 0.1) is 11.6 Å². The van der Waals surface area contributed by atoms with E-state index in [0.29, 0.717) is 24.5 Å². The van der Waals surface area contributed by atoms with Gasteiger partial charge < -0.3 is 20.7 Å². The Morgan fingerprint density at radius 3 is 1.50 bits per heavy atom. The van der Waals surface area contributed by atoms with Crippen molar-refractivity contribution in [2.75, 3.05) is 10.6 Å². The summed E-state index contributed by atoms with van der Waals surface area (Å²) in [6.07, 6.45) is 4.09. The summed E-state index contributed by atoms with van der Waals surface area (Å²) in [6, 6.07) is 47.6. The van der Waals surface area contributed by atoms with Gasteiger partial charge in [-0.05, 0) is 87.2 Å². The van der Waals surface area contributed by atoms with E-state index in [1.165, 1.54) is 46.2 Å². The van der Waals surface area contributed by atoms with Crippen molar-refractivity contribution < 1.29 is 44.4 Å². The summed E-state index contributed by atoms with van der Waals surface area (Å²) in [5, 5.41) is 26.6. The van der Waals surface area contributed by atoms with Gasteiger partial charge in [-0.3, -0.25) is 9.59 Å². The van der Waals surface area contributed by atoms with Crippen LogP contribution in [0.5, 0.6) is 0 Å². The minimum atomic E-state index is -1.59. The second-order valence-electron chi connectivity index (χ2n) is 12.7. The van der Waals surface area contributed by atoms with E-state index >= 15 is 0 Å². The molecule has 0 fully saturated rings. The summed E-state index contributed by atoms with van der Waals surface area (Å²) < 4.78 is 26.3. The molecule has 7 aromatic rings. The maximum Gasteiger partial charge on any atom is -0.0134 e. The molecule has 60 heavy (non-hydrogen) atoms. The van der Waals surface area contributed by atoms with Crippen LogP contribution in [0.3, 0.4) is 0 Å². The first kappa shape index (κ1) is 46.4. The molecule has 5 aromatic carbocycles. The zero-order valence-corrected chi connectivity index (χ0v) is 36.9. The van der Waals surface area contributed by atoms with Crippen LogP contribution in [0.25, 0.3) is 11.1 Å². The van der Waals surface area contributed by atoms with Crippen LogP contribution in [0.2, 0.25) is 0 Å². The van der Waals surface area contributed by atoms with Crippen molar-refractivity contribution in [2.45, 2.75) is 12.8 Å². The van der Waals surface area contributed by atoms with Crippen LogP contribution in [0.4, 0.5) is 20.4 Å². The molecular formula is C44H35BBrCl2F2N4O4PPd. The van der Waals surface area contributed by atoms with Crippen LogP contribution < -0.4 is 32.0 Å². The number of anilines is 2. The maximum absolute atomic E-state index is 13.1. The van der Waals surface area contributed by atoms with E-state index in [1.807, 2.05) is 18.2 Å². The van der Waals surface area contributed by atoms with Crippen molar-refractivity contribution in [2.24, 2.45) is 0 Å². The molecule has 8 nitrogen and oxygen atoms in total. The Hall–Kier alpha value is -4.66. The van der Waals surface area contributed by atoms with Gasteiger partial charge in [0.25, 0.3) is 0 Å². The second kappa shape index (κ2) is 24.0. The topological polar surface area (TPSA) is 124 Å². The van der Waals surface area contributed by atoms with Crippen LogP contribution >= 0.6 is 42.9 Å². The Labute approximate surface area is 372 Å². The summed E-state index contributed by atoms with van der Waals surface area (Å²) in [7, 11) is 7.59. The van der Waals surface area contributed by atoms with E-state index in [2.05, 4.69) is 128 Å². The number of nitrogens with zero attached hydrogens (tertiary/aromatic N) is 2. The largest absolute Gasteiger partial charge is 0.0622 e. The van der Waals surface area contributed by atoms with Crippen molar-refractivity contribution in [3.63, 3.8) is 0 Å². The number of nitrogens with one attached hydrogen (secondary N) is 2. The summed E-state index contributed by atoms with van der Waals surface area (Å²) in [4.78, 5) is 30.2. The molecule has 9 rings (SSSR count). The van der Waals surface area contributed by atoms with Crippen LogP contribution in [-0.2, 0) is 38.4 Å². The van der Waals surface area contributed by atoms with E-state index in [1.54, 1.807) is 18.5 Å². The number of fused-ring (bicyclic) bond motifs is 2. The van der Waals surface area contributed by atoms with Gasteiger partial charge in [0.05, 0.1) is 12.8 Å². The Balaban J connectivity index is 0.000000153. The van der Waals surface area contributed by atoms with Gasteiger partial charge in [-0.15, -0.1) is 0 Å². The number of aromatic nitrogens is 2. The number of carbonyl (C=O) groups is 2. The fraction of sp³-hybridized carbons (Fsp3) is 0.0455. The van der Waals surface area contributed by atoms with Gasteiger partial charge in [0.2, 0.25) is 11.8 Å². The van der Waals surface area contributed by atoms with Gasteiger partial charge in [0.1, 0.15) is 23.3 Å². The first-order valence-electron chi connectivity index (χ1n) is 17.9. The molecule has 0 atom stereocenters. The molecule has 0 saturated carbocycles. The van der Waals surface area contributed by atoms with Gasteiger partial charge in [0, 0.05) is 33.6 Å². The molecule has 4 heterocycles. The molecule has 0 radical (unpaired) electrons. The van der Waals surface area contributed by atoms with Gasteiger partial charge in [-0.25, -0.2) is 18.7 Å². The van der Waals surface area contributed by atoms with Crippen molar-refractivity contribution >= 4 is 94.9 Å². The summed E-state index contributed by atoms with van der Waals surface area (Å²) in [5.41, 5.74) is 3.57. The van der Waals surface area contributed by atoms with E-state index in [-0.39, 0.29) is 39.0 Å². The Morgan fingerprint density at radius 2 is 1.05 bits per heavy atom. The number of rotatable bonds is 5. The summed E-state index contributed by atoms with van der Waals surface area (Å²) in [6.45, 7) is 0. The molecular weight excluding hydrogens is 986 g/mol. The molecule has 2 aliphatic rings. The molecule has 4 N–H and O–H groups in total. The first-order valence-corrected chi connectivity index (χ1v) is 24.1. The third kappa shape index (κ3) is 14.2. The zero-order chi connectivity index (χ0) is 42.9. The first-order chi connectivity index (χ1) is 29.0. The minimum absolute atomic E-state index is 0.0191. The Morgan fingerprint density at radius 1 is 0.600 bits per heavy atom. The van der Waals surface area contributed by atoms with Gasteiger partial charge in [0.15, 0.2) is 0 Å². The second-order valence-corrected chi connectivity index (χ2v) is 18.2. The molecule has 0 unspecified atom stereocenters. The van der Waals surface area contributed by atoms with E-state index in [4.69, 9.17) is 29.1 Å². The van der Waals surface area contributed by atoms with Gasteiger partial charge >= 0.3 is 42.1 Å². The normalized spacial score (nSPS) is 11.7. The zero-order valence-electron chi connectivity index (χ0n) is 31.3. The van der Waals surface area contributed by atoms with E-state index in [9.17, 15) is 18.4 Å². The van der Waals surface area contributed by atoms with Gasteiger partial charge in [-0.2, -0.15) is 0 Å². The molecule has 2 aliphatic heterocycles. The van der Waals surface area contributed by atoms with Crippen molar-refractivity contribution in [1.29, 1.82) is 0 Å². The molecule has 0 aliphatic carbocycles. The minimum Gasteiger partial charge on any atom is -0.0622 e. The number of pyridine rings is 2. The smallest absolute Gasteiger partial charge is 0.0134 e. The molecule has 0 saturated heterocycles. The SMILES string of the molecule is O=C1Cc2cc(-c3cccc(F)c3)cnc2N1.O=C1Cc2cc(Br)cnc2N1.OB(O)c1cccc(F)c1.[Cl][Pd][Cl].c1ccc(P(c2ccccc2)c2ccccc2)cc1. The van der Waals surface area contributed by atoms with Crippen LogP contribution in [0.15, 0.2) is 169 Å². The monoisotopic (exact) mass is 1020 g/mol. The third-order valence-electron chi connectivity index (χ3n) is 8.47. The number of benzene rings is 5. The van der Waals surface area contributed by atoms with Crippen molar-refractivity contribution in [1.82, 2.24) is 9.97 Å². The van der Waals surface area contributed by atoms with Gasteiger partial charge in [-0.1, -0.05) is 115 Å². The fourth-order valence-electron chi connectivity index (χ4n) is 5.86. The van der Waals surface area contributed by atoms with Crippen LogP contribution in [0.1, 0.15) is 11.1 Å². The predicted molar refractivity (Wildman–Crippen MR) is 239 cm³/mol. The number of carbonyl (C=O) groups excluding carboxylic acids is 2. The maximum atomic E-state index is 13.1. The van der Waals surface area contributed by atoms with Crippen molar-refractivity contribution in [3.8, 4) is 11.1 Å². The molecule has 308 valence electrons. The molecule has 2 amide bonds. The summed E-state index contributed by atoms with van der Waals surface area (Å²) in [5.74, 6) is 0.519. The number of hydrogen-bond donors (Lipinski definition) is 4. The van der Waals surface area contributed by atoms with E-state index in [0.717, 1.165) is 32.8 Å². The quantitative estimate of drug-likeness (QED) is 0.102. The van der Waals surface area contributed by atoms with E-state index < -0.39 is 20.9 Å². The van der Waals surface area contributed by atoms with Crippen LogP contribution in [-0.4, -0.2) is 38.9 Å².